The first kappa shape index (κ1) is 30.6. The zero-order valence-corrected chi connectivity index (χ0v) is 27.2. The Bertz CT molecular complexity index is 1690. The molecule has 3 aliphatic heterocycles. The number of aliphatic imine (C=N–C) groups is 1. The molecule has 6 heterocycles. The first-order chi connectivity index (χ1) is 21.2. The number of rotatable bonds is 10. The molecule has 2 fully saturated rings. The molecule has 228 valence electrons. The van der Waals surface area contributed by atoms with E-state index >= 15 is 0 Å². The van der Waals surface area contributed by atoms with Crippen molar-refractivity contribution in [3.8, 4) is 0 Å². The van der Waals surface area contributed by atoms with Crippen molar-refractivity contribution in [2.75, 3.05) is 52.0 Å². The average molecular weight is 654 g/mol. The van der Waals surface area contributed by atoms with Crippen LogP contribution in [-0.4, -0.2) is 118 Å². The fourth-order valence-electron chi connectivity index (χ4n) is 5.68. The molecule has 14 nitrogen and oxygen atoms in total. The van der Waals surface area contributed by atoms with Gasteiger partial charge in [0.15, 0.2) is 19.1 Å². The largest absolute Gasteiger partial charge is 0.452 e. The van der Waals surface area contributed by atoms with E-state index in [2.05, 4.69) is 41.5 Å². The number of hydrogen-bond acceptors (Lipinski definition) is 12. The number of β-lactam (4-membered cyclic amide) rings is 1. The Balaban J connectivity index is 1.24. The number of fused-ring (bicyclic) bond motifs is 2. The number of imidazole rings is 1. The van der Waals surface area contributed by atoms with Gasteiger partial charge in [0, 0.05) is 70.5 Å². The molecule has 2 amide bonds. The molecule has 3 aromatic rings. The van der Waals surface area contributed by atoms with Gasteiger partial charge in [-0.15, -0.1) is 11.8 Å². The maximum Gasteiger partial charge on any atom is 0.357 e. The fourth-order valence-corrected chi connectivity index (χ4v) is 7.89. The molecule has 2 N–H and O–H groups in total. The molecule has 3 atom stereocenters. The van der Waals surface area contributed by atoms with E-state index in [4.69, 9.17) is 17.1 Å². The number of hydrogen-bond donors (Lipinski definition) is 2. The summed E-state index contributed by atoms with van der Waals surface area (Å²) in [5, 5.41) is 5.67. The van der Waals surface area contributed by atoms with Crippen LogP contribution in [0.2, 0.25) is 0 Å². The Morgan fingerprint density at radius 3 is 2.82 bits per heavy atom. The maximum absolute atomic E-state index is 13.5. The molecule has 0 saturated carbocycles. The third-order valence-corrected chi connectivity index (χ3v) is 10.2. The lowest BCUT2D eigenvalue weighted by Crippen LogP contribution is -2.71. The number of nitrogens with one attached hydrogen (secondary N) is 2. The Kier molecular flexibility index (Phi) is 8.73. The molecular formula is C26H31BN10O4PS2+. The van der Waals surface area contributed by atoms with Crippen molar-refractivity contribution in [2.24, 2.45) is 10.9 Å². The zero-order chi connectivity index (χ0) is 31.1. The van der Waals surface area contributed by atoms with E-state index in [0.29, 0.717) is 28.9 Å². The molecule has 0 spiro atoms. The van der Waals surface area contributed by atoms with Crippen LogP contribution in [-0.2, 0) is 32.0 Å². The normalized spacial score (nSPS) is 21.5. The maximum atomic E-state index is 13.5. The standard InChI is InChI=1S/C26H30BN10O4PS2/c1-28-17(20-32-26(29-2)44-33-20)22(38)31-18-23(39)37-19(25(40)41-42(4)27)15(12-43-24(18)37)11-35-7-5-6-16-21(35)30-13-36(16)10-14-8-34(3)9-14/h5-7,13-14,18,24H,8-12H2,1-4H3,(H-,29,31,32,33,38)/p+1. The quantitative estimate of drug-likeness (QED) is 0.102. The molecule has 18 heteroatoms. The summed E-state index contributed by atoms with van der Waals surface area (Å²) < 4.78 is 13.8. The average Bonchev–Trinajstić information content (AvgIpc) is 3.63. The first-order valence-electron chi connectivity index (χ1n) is 13.9. The second-order valence-electron chi connectivity index (χ2n) is 10.8. The number of likely N-dealkylation sites (tertiary alicyclic amines) is 1. The van der Waals surface area contributed by atoms with Gasteiger partial charge in [-0.25, -0.2) is 9.36 Å². The van der Waals surface area contributed by atoms with Gasteiger partial charge < -0.3 is 24.6 Å². The molecule has 3 aliphatic rings. The summed E-state index contributed by atoms with van der Waals surface area (Å²) in [4.78, 5) is 56.8. The lowest BCUT2D eigenvalue weighted by Gasteiger charge is -2.49. The SMILES string of the molecule is [B]P(C)OC(=O)C1=C(C[n+]2cccc3c2ncn3CC2CN(C)C2)CSC2C(NC(=O)C(=NC)c3nsc(NC)n3)C(=O)N12. The van der Waals surface area contributed by atoms with Crippen molar-refractivity contribution < 1.29 is 23.5 Å². The highest BCUT2D eigenvalue weighted by molar-refractivity contribution is 8.00. The van der Waals surface area contributed by atoms with Crippen molar-refractivity contribution in [1.82, 2.24) is 34.0 Å². The second kappa shape index (κ2) is 12.5. The molecule has 0 aromatic carbocycles. The van der Waals surface area contributed by atoms with Crippen LogP contribution in [0.15, 0.2) is 40.9 Å². The van der Waals surface area contributed by atoms with Crippen molar-refractivity contribution in [1.29, 1.82) is 0 Å². The Morgan fingerprint density at radius 2 is 2.14 bits per heavy atom. The predicted octanol–water partition coefficient (Wildman–Crippen LogP) is 0.205. The third kappa shape index (κ3) is 5.73. The van der Waals surface area contributed by atoms with E-state index in [1.165, 1.54) is 23.7 Å². The number of aromatic nitrogens is 5. The van der Waals surface area contributed by atoms with Gasteiger partial charge in [0.25, 0.3) is 11.8 Å². The highest BCUT2D eigenvalue weighted by Crippen LogP contribution is 2.42. The van der Waals surface area contributed by atoms with Gasteiger partial charge in [-0.1, -0.05) is 0 Å². The monoisotopic (exact) mass is 653 g/mol. The summed E-state index contributed by atoms with van der Waals surface area (Å²) in [6.45, 7) is 4.94. The van der Waals surface area contributed by atoms with Crippen molar-refractivity contribution >= 4 is 78.7 Å². The lowest BCUT2D eigenvalue weighted by atomic mass is 10.0. The van der Waals surface area contributed by atoms with E-state index in [0.717, 1.165) is 42.3 Å². The van der Waals surface area contributed by atoms with Crippen molar-refractivity contribution in [3.05, 3.63) is 41.8 Å². The molecule has 0 aliphatic carbocycles. The second-order valence-corrected chi connectivity index (χ2v) is 13.9. The smallest absolute Gasteiger partial charge is 0.357 e. The van der Waals surface area contributed by atoms with Crippen LogP contribution < -0.4 is 15.2 Å². The minimum absolute atomic E-state index is 0.0127. The third-order valence-electron chi connectivity index (χ3n) is 7.65. The van der Waals surface area contributed by atoms with Gasteiger partial charge in [0.2, 0.25) is 11.5 Å². The van der Waals surface area contributed by atoms with Gasteiger partial charge >= 0.3 is 11.6 Å². The number of amides is 2. The van der Waals surface area contributed by atoms with E-state index in [-0.39, 0.29) is 17.2 Å². The number of thioether (sulfide) groups is 1. The minimum Gasteiger partial charge on any atom is -0.452 e. The van der Waals surface area contributed by atoms with E-state index in [1.54, 1.807) is 13.7 Å². The number of nitrogens with zero attached hydrogens (tertiary/aromatic N) is 8. The summed E-state index contributed by atoms with van der Waals surface area (Å²) in [6, 6.07) is 3.13. The Morgan fingerprint density at radius 1 is 1.34 bits per heavy atom. The topological polar surface area (TPSA) is 151 Å². The molecule has 2 saturated heterocycles. The van der Waals surface area contributed by atoms with Crippen LogP contribution in [0.3, 0.4) is 0 Å². The summed E-state index contributed by atoms with van der Waals surface area (Å²) >= 11 is 2.56. The highest BCUT2D eigenvalue weighted by Gasteiger charge is 2.55. The first-order valence-corrected chi connectivity index (χ1v) is 17.5. The molecule has 3 aromatic heterocycles. The minimum atomic E-state index is -1.52. The fraction of sp³-hybridized carbons (Fsp3) is 0.462. The van der Waals surface area contributed by atoms with Crippen LogP contribution in [0.1, 0.15) is 5.82 Å². The molecule has 2 radical (unpaired) electrons. The number of pyridine rings is 1. The number of anilines is 1. The zero-order valence-electron chi connectivity index (χ0n) is 24.6. The Labute approximate surface area is 264 Å². The summed E-state index contributed by atoms with van der Waals surface area (Å²) in [7, 11) is 9.62. The molecule has 44 heavy (non-hydrogen) atoms. The molecule has 6 rings (SSSR count). The van der Waals surface area contributed by atoms with Crippen LogP contribution >= 0.6 is 31.3 Å². The summed E-state index contributed by atoms with van der Waals surface area (Å²) in [6.07, 6.45) is 3.77. The number of carbonyl (C=O) groups is 3. The van der Waals surface area contributed by atoms with Gasteiger partial charge in [0.1, 0.15) is 29.2 Å². The highest BCUT2D eigenvalue weighted by atomic mass is 32.2. The van der Waals surface area contributed by atoms with Gasteiger partial charge in [0.05, 0.1) is 6.20 Å². The Hall–Kier alpha value is -3.40. The molecule has 0 bridgehead atoms. The lowest BCUT2D eigenvalue weighted by molar-refractivity contribution is -0.664. The van der Waals surface area contributed by atoms with E-state index in [1.807, 2.05) is 29.2 Å². The van der Waals surface area contributed by atoms with E-state index < -0.39 is 37.2 Å². The summed E-state index contributed by atoms with van der Waals surface area (Å²) in [5.74, 6) is -0.475. The van der Waals surface area contributed by atoms with E-state index in [9.17, 15) is 14.4 Å². The van der Waals surface area contributed by atoms with Crippen LogP contribution in [0.4, 0.5) is 5.13 Å². The van der Waals surface area contributed by atoms with Gasteiger partial charge in [-0.2, -0.15) is 9.36 Å². The van der Waals surface area contributed by atoms with Gasteiger partial charge in [-0.3, -0.25) is 19.5 Å². The molecular weight excluding hydrogens is 622 g/mol. The van der Waals surface area contributed by atoms with Crippen LogP contribution in [0.25, 0.3) is 11.2 Å². The summed E-state index contributed by atoms with van der Waals surface area (Å²) in [5.41, 5.74) is 2.67. The van der Waals surface area contributed by atoms with Crippen LogP contribution in [0, 0.1) is 5.92 Å². The van der Waals surface area contributed by atoms with Gasteiger partial charge in [-0.05, 0) is 30.8 Å². The van der Waals surface area contributed by atoms with Crippen molar-refractivity contribution in [3.63, 3.8) is 0 Å². The predicted molar refractivity (Wildman–Crippen MR) is 170 cm³/mol. The number of carbonyl (C=O) groups excluding carboxylic acids is 3. The molecule has 3 unspecified atom stereocenters. The van der Waals surface area contributed by atoms with Crippen molar-refractivity contribution in [2.45, 2.75) is 24.5 Å². The van der Waals surface area contributed by atoms with Crippen LogP contribution in [0.5, 0.6) is 0 Å².